The highest BCUT2D eigenvalue weighted by Gasteiger charge is 2.22. The van der Waals surface area contributed by atoms with Crippen molar-refractivity contribution in [1.29, 1.82) is 0 Å². The number of carbonyl (C=O) groups is 2. The van der Waals surface area contributed by atoms with Gasteiger partial charge in [-0.05, 0) is 49.4 Å². The number of hydrogen-bond donors (Lipinski definition) is 1. The lowest BCUT2D eigenvalue weighted by Crippen LogP contribution is -2.16. The van der Waals surface area contributed by atoms with Gasteiger partial charge >= 0.3 is 5.97 Å². The molecule has 4 aromatic rings. The smallest absolute Gasteiger partial charge is 0.339 e. The van der Waals surface area contributed by atoms with Crippen LogP contribution in [0.25, 0.3) is 5.69 Å². The fourth-order valence-electron chi connectivity index (χ4n) is 3.59. The number of methoxy groups -OCH3 is 2. The summed E-state index contributed by atoms with van der Waals surface area (Å²) in [6.45, 7) is 1.88. The Morgan fingerprint density at radius 1 is 1.00 bits per heavy atom. The van der Waals surface area contributed by atoms with Crippen LogP contribution in [0.15, 0.2) is 78.0 Å². The second-order valence-electron chi connectivity index (χ2n) is 7.97. The van der Waals surface area contributed by atoms with Gasteiger partial charge in [0.2, 0.25) is 5.91 Å². The normalized spacial score (nSPS) is 11.5. The van der Waals surface area contributed by atoms with E-state index in [2.05, 4.69) is 15.5 Å². The molecule has 3 aromatic carbocycles. The molecule has 0 aliphatic heterocycles. The average molecular weight is 553 g/mol. The van der Waals surface area contributed by atoms with Crippen LogP contribution in [-0.4, -0.2) is 46.6 Å². The predicted molar refractivity (Wildman–Crippen MR) is 146 cm³/mol. The Hall–Kier alpha value is -4.02. The molecule has 1 N–H and O–H groups in total. The van der Waals surface area contributed by atoms with Crippen molar-refractivity contribution in [3.05, 3.63) is 89.2 Å². The third-order valence-electron chi connectivity index (χ3n) is 5.38. The third kappa shape index (κ3) is 6.45. The van der Waals surface area contributed by atoms with Crippen molar-refractivity contribution in [1.82, 2.24) is 14.8 Å². The zero-order valence-corrected chi connectivity index (χ0v) is 22.5. The van der Waals surface area contributed by atoms with E-state index in [1.165, 1.54) is 31.0 Å². The van der Waals surface area contributed by atoms with E-state index in [0.717, 1.165) is 5.69 Å². The molecular formula is C27H25ClN4O5S. The van der Waals surface area contributed by atoms with Crippen LogP contribution in [0.3, 0.4) is 0 Å². The van der Waals surface area contributed by atoms with E-state index < -0.39 is 12.1 Å². The maximum Gasteiger partial charge on any atom is 0.339 e. The summed E-state index contributed by atoms with van der Waals surface area (Å²) < 4.78 is 18.0. The first-order chi connectivity index (χ1) is 18.4. The summed E-state index contributed by atoms with van der Waals surface area (Å²) in [5.41, 5.74) is 1.42. The van der Waals surface area contributed by atoms with Crippen LogP contribution in [0.2, 0.25) is 5.02 Å². The molecule has 0 saturated heterocycles. The molecule has 0 fully saturated rings. The van der Waals surface area contributed by atoms with E-state index in [1.807, 2.05) is 60.0 Å². The summed E-state index contributed by atoms with van der Waals surface area (Å²) in [6.07, 6.45) is -0.455. The number of para-hydroxylation sites is 1. The molecule has 1 atom stereocenters. The minimum Gasteiger partial charge on any atom is -0.497 e. The SMILES string of the molecule is COC(=O)c1cc(NC(=O)CSc2nnc(C(C)Oc3cccc(OC)c3)n2-c2ccccc2)ccc1Cl. The van der Waals surface area contributed by atoms with E-state index in [0.29, 0.717) is 28.2 Å². The highest BCUT2D eigenvalue weighted by molar-refractivity contribution is 7.99. The second-order valence-corrected chi connectivity index (χ2v) is 9.32. The van der Waals surface area contributed by atoms with Crippen molar-refractivity contribution in [2.24, 2.45) is 0 Å². The van der Waals surface area contributed by atoms with Gasteiger partial charge < -0.3 is 19.5 Å². The highest BCUT2D eigenvalue weighted by atomic mass is 35.5. The van der Waals surface area contributed by atoms with E-state index >= 15 is 0 Å². The Morgan fingerprint density at radius 2 is 1.76 bits per heavy atom. The molecule has 1 amide bonds. The Balaban J connectivity index is 1.52. The number of nitrogens with one attached hydrogen (secondary N) is 1. The Kier molecular flexibility index (Phi) is 8.88. The van der Waals surface area contributed by atoms with Crippen molar-refractivity contribution in [2.75, 3.05) is 25.3 Å². The number of rotatable bonds is 10. The lowest BCUT2D eigenvalue weighted by atomic mass is 10.2. The number of halogens is 1. The van der Waals surface area contributed by atoms with Crippen molar-refractivity contribution in [3.63, 3.8) is 0 Å². The summed E-state index contributed by atoms with van der Waals surface area (Å²) in [4.78, 5) is 24.6. The van der Waals surface area contributed by atoms with E-state index in [-0.39, 0.29) is 22.2 Å². The van der Waals surface area contributed by atoms with Crippen LogP contribution >= 0.6 is 23.4 Å². The number of thioether (sulfide) groups is 1. The van der Waals surface area contributed by atoms with E-state index in [1.54, 1.807) is 19.2 Å². The van der Waals surface area contributed by atoms with Crippen molar-refractivity contribution in [2.45, 2.75) is 18.2 Å². The number of amides is 1. The Labute approximate surface area is 229 Å². The van der Waals surface area contributed by atoms with Gasteiger partial charge in [0.1, 0.15) is 11.5 Å². The summed E-state index contributed by atoms with van der Waals surface area (Å²) >= 11 is 7.29. The zero-order valence-electron chi connectivity index (χ0n) is 20.9. The number of ether oxygens (including phenoxy) is 3. The molecule has 1 unspecified atom stereocenters. The topological polar surface area (TPSA) is 105 Å². The van der Waals surface area contributed by atoms with Crippen LogP contribution < -0.4 is 14.8 Å². The molecule has 11 heteroatoms. The molecule has 0 saturated carbocycles. The fraction of sp³-hybridized carbons (Fsp3) is 0.185. The van der Waals surface area contributed by atoms with Crippen LogP contribution in [0.4, 0.5) is 5.69 Å². The minimum atomic E-state index is -0.589. The number of anilines is 1. The van der Waals surface area contributed by atoms with Crippen molar-refractivity contribution >= 4 is 40.9 Å². The summed E-state index contributed by atoms with van der Waals surface area (Å²) in [5, 5.41) is 12.2. The molecule has 0 aliphatic carbocycles. The Bertz CT molecular complexity index is 1430. The van der Waals surface area contributed by atoms with Gasteiger partial charge in [-0.2, -0.15) is 0 Å². The quantitative estimate of drug-likeness (QED) is 0.201. The first-order valence-electron chi connectivity index (χ1n) is 11.5. The zero-order chi connectivity index (χ0) is 27.1. The fourth-order valence-corrected chi connectivity index (χ4v) is 4.54. The van der Waals surface area contributed by atoms with Crippen LogP contribution in [0, 0.1) is 0 Å². The largest absolute Gasteiger partial charge is 0.497 e. The van der Waals surface area contributed by atoms with Gasteiger partial charge in [-0.25, -0.2) is 4.79 Å². The standard InChI is InChI=1S/C27H25ClN4O5S/c1-17(37-21-11-7-10-20(15-21)35-2)25-30-31-27(32(25)19-8-5-4-6-9-19)38-16-24(33)29-18-12-13-23(28)22(14-18)26(34)36-3/h4-15,17H,16H2,1-3H3,(H,29,33). The summed E-state index contributed by atoms with van der Waals surface area (Å²) in [6, 6.07) is 21.5. The van der Waals surface area contributed by atoms with Gasteiger partial charge in [0.05, 0.1) is 30.6 Å². The molecule has 1 heterocycles. The number of carbonyl (C=O) groups excluding carboxylic acids is 2. The second kappa shape index (κ2) is 12.5. The van der Waals surface area contributed by atoms with Gasteiger partial charge in [-0.15, -0.1) is 10.2 Å². The van der Waals surface area contributed by atoms with Gasteiger partial charge in [0.25, 0.3) is 0 Å². The minimum absolute atomic E-state index is 0.0479. The summed E-state index contributed by atoms with van der Waals surface area (Å²) in [7, 11) is 2.86. The first-order valence-corrected chi connectivity index (χ1v) is 12.9. The number of nitrogens with zero attached hydrogens (tertiary/aromatic N) is 3. The highest BCUT2D eigenvalue weighted by Crippen LogP contribution is 2.29. The van der Waals surface area contributed by atoms with Crippen molar-refractivity contribution in [3.8, 4) is 17.2 Å². The lowest BCUT2D eigenvalue weighted by molar-refractivity contribution is -0.113. The molecule has 0 aliphatic rings. The maximum atomic E-state index is 12.7. The first kappa shape index (κ1) is 27.0. The van der Waals surface area contributed by atoms with Gasteiger partial charge in [0.15, 0.2) is 17.1 Å². The third-order valence-corrected chi connectivity index (χ3v) is 6.64. The molecule has 0 spiro atoms. The van der Waals surface area contributed by atoms with E-state index in [9.17, 15) is 9.59 Å². The van der Waals surface area contributed by atoms with Crippen LogP contribution in [-0.2, 0) is 9.53 Å². The molecule has 38 heavy (non-hydrogen) atoms. The molecule has 1 aromatic heterocycles. The Morgan fingerprint density at radius 3 is 2.50 bits per heavy atom. The average Bonchev–Trinajstić information content (AvgIpc) is 3.37. The van der Waals surface area contributed by atoms with Gasteiger partial charge in [0, 0.05) is 17.4 Å². The molecular weight excluding hydrogens is 528 g/mol. The molecule has 0 bridgehead atoms. The monoisotopic (exact) mass is 552 g/mol. The number of hydrogen-bond acceptors (Lipinski definition) is 8. The predicted octanol–water partition coefficient (Wildman–Crippen LogP) is 5.59. The van der Waals surface area contributed by atoms with Crippen molar-refractivity contribution < 1.29 is 23.8 Å². The molecule has 0 radical (unpaired) electrons. The molecule has 4 rings (SSSR count). The maximum absolute atomic E-state index is 12.7. The lowest BCUT2D eigenvalue weighted by Gasteiger charge is -2.17. The number of esters is 1. The summed E-state index contributed by atoms with van der Waals surface area (Å²) in [5.74, 6) is 1.05. The van der Waals surface area contributed by atoms with Gasteiger partial charge in [-0.3, -0.25) is 9.36 Å². The van der Waals surface area contributed by atoms with Gasteiger partial charge in [-0.1, -0.05) is 47.6 Å². The molecule has 196 valence electrons. The van der Waals surface area contributed by atoms with E-state index in [4.69, 9.17) is 25.8 Å². The van der Waals surface area contributed by atoms with Crippen LogP contribution in [0.5, 0.6) is 11.5 Å². The molecule has 9 nitrogen and oxygen atoms in total. The number of benzene rings is 3. The van der Waals surface area contributed by atoms with Crippen LogP contribution in [0.1, 0.15) is 29.2 Å². The number of aromatic nitrogens is 3.